The van der Waals surface area contributed by atoms with Crippen molar-refractivity contribution in [3.05, 3.63) is 75.5 Å². The minimum atomic E-state index is -0.779. The van der Waals surface area contributed by atoms with E-state index in [0.717, 1.165) is 21.7 Å². The summed E-state index contributed by atoms with van der Waals surface area (Å²) in [5.41, 5.74) is 2.37. The lowest BCUT2D eigenvalue weighted by Gasteiger charge is -2.23. The second-order valence-corrected chi connectivity index (χ2v) is 8.64. The molecule has 0 saturated carbocycles. The second kappa shape index (κ2) is 9.96. The molecule has 1 aromatic heterocycles. The van der Waals surface area contributed by atoms with E-state index in [4.69, 9.17) is 14.2 Å². The van der Waals surface area contributed by atoms with E-state index in [1.165, 1.54) is 28.5 Å². The van der Waals surface area contributed by atoms with Gasteiger partial charge in [-0.15, -0.1) is 11.3 Å². The first-order valence-electron chi connectivity index (χ1n) is 10.5. The van der Waals surface area contributed by atoms with E-state index in [1.807, 2.05) is 29.6 Å². The predicted molar refractivity (Wildman–Crippen MR) is 128 cm³/mol. The molecule has 0 radical (unpaired) electrons. The molecule has 1 atom stereocenters. The number of phenols is 1. The molecule has 8 nitrogen and oxygen atoms in total. The Morgan fingerprint density at radius 1 is 1.12 bits per heavy atom. The Kier molecular flexibility index (Phi) is 6.83. The smallest absolute Gasteiger partial charge is 0.342 e. The minimum absolute atomic E-state index is 0.00781. The summed E-state index contributed by atoms with van der Waals surface area (Å²) in [6, 6.07) is 13.5. The topological polar surface area (TPSA) is 97.7 Å². The third-order valence-electron chi connectivity index (χ3n) is 5.46. The summed E-state index contributed by atoms with van der Waals surface area (Å²) in [6.07, 6.45) is 0.494. The van der Waals surface area contributed by atoms with Gasteiger partial charge in [0.1, 0.15) is 11.3 Å². The van der Waals surface area contributed by atoms with Crippen LogP contribution >= 0.6 is 11.3 Å². The van der Waals surface area contributed by atoms with E-state index < -0.39 is 24.5 Å². The van der Waals surface area contributed by atoms with Gasteiger partial charge in [0.25, 0.3) is 5.91 Å². The fraction of sp³-hybridized carbons (Fsp3) is 0.240. The van der Waals surface area contributed by atoms with Gasteiger partial charge in [0.2, 0.25) is 0 Å². The summed E-state index contributed by atoms with van der Waals surface area (Å²) >= 11 is 1.54. The standard InChI is InChI=1S/C25H24N2O6S/c1-15-6-8-20(28)17(11-15)25(30)33-14-24(29)27-19(13-18(26-27)23-5-4-10-34-23)16-7-9-21(31-2)22(12-16)32-3/h4-12,19,28H,13-14H2,1-3H3. The summed E-state index contributed by atoms with van der Waals surface area (Å²) in [5, 5.41) is 17.8. The van der Waals surface area contributed by atoms with Gasteiger partial charge in [-0.25, -0.2) is 9.80 Å². The molecule has 34 heavy (non-hydrogen) atoms. The van der Waals surface area contributed by atoms with Crippen molar-refractivity contribution in [2.45, 2.75) is 19.4 Å². The van der Waals surface area contributed by atoms with Gasteiger partial charge in [-0.05, 0) is 48.2 Å². The van der Waals surface area contributed by atoms with E-state index in [1.54, 1.807) is 33.3 Å². The van der Waals surface area contributed by atoms with Crippen LogP contribution in [0.2, 0.25) is 0 Å². The zero-order chi connectivity index (χ0) is 24.2. The molecule has 1 aliphatic rings. The van der Waals surface area contributed by atoms with E-state index in [2.05, 4.69) is 5.10 Å². The van der Waals surface area contributed by atoms with Crippen LogP contribution in [0.5, 0.6) is 17.2 Å². The first-order valence-corrected chi connectivity index (χ1v) is 11.4. The monoisotopic (exact) mass is 480 g/mol. The number of hydrogen-bond donors (Lipinski definition) is 1. The number of phenolic OH excluding ortho intramolecular Hbond substituents is 1. The average Bonchev–Trinajstić information content (AvgIpc) is 3.53. The molecule has 0 bridgehead atoms. The number of ether oxygens (including phenoxy) is 3. The van der Waals surface area contributed by atoms with Gasteiger partial charge < -0.3 is 19.3 Å². The molecule has 0 aliphatic carbocycles. The highest BCUT2D eigenvalue weighted by Gasteiger charge is 2.34. The number of carbonyl (C=O) groups is 2. The van der Waals surface area contributed by atoms with Crippen LogP contribution in [0.4, 0.5) is 0 Å². The fourth-order valence-electron chi connectivity index (χ4n) is 3.74. The van der Waals surface area contributed by atoms with Crippen LogP contribution in [0.15, 0.2) is 59.0 Å². The first kappa shape index (κ1) is 23.3. The van der Waals surface area contributed by atoms with Crippen molar-refractivity contribution >= 4 is 28.9 Å². The normalized spacial score (nSPS) is 15.1. The van der Waals surface area contributed by atoms with E-state index in [-0.39, 0.29) is 11.3 Å². The molecule has 0 fully saturated rings. The van der Waals surface area contributed by atoms with Gasteiger partial charge in [-0.2, -0.15) is 5.10 Å². The van der Waals surface area contributed by atoms with Gasteiger partial charge in [-0.1, -0.05) is 23.8 Å². The molecule has 0 saturated heterocycles. The Labute approximate surface area is 201 Å². The van der Waals surface area contributed by atoms with Crippen molar-refractivity contribution < 1.29 is 28.9 Å². The number of methoxy groups -OCH3 is 2. The molecule has 1 N–H and O–H groups in total. The second-order valence-electron chi connectivity index (χ2n) is 7.69. The van der Waals surface area contributed by atoms with Crippen molar-refractivity contribution in [1.29, 1.82) is 0 Å². The molecule has 0 spiro atoms. The number of nitrogens with zero attached hydrogens (tertiary/aromatic N) is 2. The number of hydrazone groups is 1. The molecule has 176 valence electrons. The van der Waals surface area contributed by atoms with Crippen LogP contribution < -0.4 is 9.47 Å². The highest BCUT2D eigenvalue weighted by Crippen LogP contribution is 2.38. The maximum absolute atomic E-state index is 13.1. The van der Waals surface area contributed by atoms with E-state index >= 15 is 0 Å². The number of rotatable bonds is 7. The Morgan fingerprint density at radius 3 is 2.62 bits per heavy atom. The Morgan fingerprint density at radius 2 is 1.91 bits per heavy atom. The van der Waals surface area contributed by atoms with Crippen LogP contribution in [0, 0.1) is 6.92 Å². The number of amides is 1. The number of carbonyl (C=O) groups excluding carboxylic acids is 2. The summed E-state index contributed by atoms with van der Waals surface area (Å²) in [7, 11) is 3.11. The number of esters is 1. The third kappa shape index (κ3) is 4.74. The molecule has 3 aromatic rings. The molecule has 2 aromatic carbocycles. The SMILES string of the molecule is COc1ccc(C2CC(c3cccs3)=NN2C(=O)COC(=O)c2cc(C)ccc2O)cc1OC. The maximum atomic E-state index is 13.1. The zero-order valence-electron chi connectivity index (χ0n) is 19.0. The average molecular weight is 481 g/mol. The highest BCUT2D eigenvalue weighted by atomic mass is 32.1. The van der Waals surface area contributed by atoms with E-state index in [9.17, 15) is 14.7 Å². The third-order valence-corrected chi connectivity index (χ3v) is 6.38. The van der Waals surface area contributed by atoms with Crippen LogP contribution in [0.1, 0.15) is 38.8 Å². The quantitative estimate of drug-likeness (QED) is 0.506. The first-order chi connectivity index (χ1) is 16.4. The van der Waals surface area contributed by atoms with Crippen molar-refractivity contribution in [1.82, 2.24) is 5.01 Å². The molecule has 4 rings (SSSR count). The summed E-state index contributed by atoms with van der Waals surface area (Å²) in [6.45, 7) is 1.28. The summed E-state index contributed by atoms with van der Waals surface area (Å²) in [5.74, 6) is -0.345. The fourth-order valence-corrected chi connectivity index (χ4v) is 4.46. The number of aromatic hydroxyl groups is 1. The Bertz CT molecular complexity index is 1240. The molecule has 2 heterocycles. The molecular formula is C25H24N2O6S. The van der Waals surface area contributed by atoms with Gasteiger partial charge in [-0.3, -0.25) is 4.79 Å². The van der Waals surface area contributed by atoms with Gasteiger partial charge >= 0.3 is 5.97 Å². The molecule has 1 amide bonds. The Hall–Kier alpha value is -3.85. The van der Waals surface area contributed by atoms with Crippen LogP contribution in [-0.2, 0) is 9.53 Å². The van der Waals surface area contributed by atoms with Crippen LogP contribution in [0.25, 0.3) is 0 Å². The minimum Gasteiger partial charge on any atom is -0.507 e. The largest absolute Gasteiger partial charge is 0.507 e. The van der Waals surface area contributed by atoms with Crippen LogP contribution in [-0.4, -0.2) is 48.5 Å². The van der Waals surface area contributed by atoms with Crippen molar-refractivity contribution in [2.24, 2.45) is 5.10 Å². The van der Waals surface area contributed by atoms with E-state index in [0.29, 0.717) is 17.9 Å². The van der Waals surface area contributed by atoms with Crippen molar-refractivity contribution in [3.8, 4) is 17.2 Å². The van der Waals surface area contributed by atoms with Gasteiger partial charge in [0.05, 0.1) is 30.9 Å². The summed E-state index contributed by atoms with van der Waals surface area (Å²) < 4.78 is 16.0. The lowest BCUT2D eigenvalue weighted by atomic mass is 10.0. The molecule has 1 unspecified atom stereocenters. The summed E-state index contributed by atoms with van der Waals surface area (Å²) in [4.78, 5) is 26.6. The van der Waals surface area contributed by atoms with Crippen molar-refractivity contribution in [2.75, 3.05) is 20.8 Å². The van der Waals surface area contributed by atoms with Gasteiger partial charge in [0.15, 0.2) is 18.1 Å². The maximum Gasteiger partial charge on any atom is 0.342 e. The number of benzene rings is 2. The molecule has 9 heteroatoms. The number of thiophene rings is 1. The number of hydrogen-bond acceptors (Lipinski definition) is 8. The van der Waals surface area contributed by atoms with Crippen LogP contribution in [0.3, 0.4) is 0 Å². The molecular weight excluding hydrogens is 456 g/mol. The Balaban J connectivity index is 1.57. The lowest BCUT2D eigenvalue weighted by molar-refractivity contribution is -0.136. The van der Waals surface area contributed by atoms with Gasteiger partial charge in [0, 0.05) is 6.42 Å². The predicted octanol–water partition coefficient (Wildman–Crippen LogP) is 4.31. The highest BCUT2D eigenvalue weighted by molar-refractivity contribution is 7.12. The molecule has 1 aliphatic heterocycles. The van der Waals surface area contributed by atoms with Crippen molar-refractivity contribution in [3.63, 3.8) is 0 Å². The zero-order valence-corrected chi connectivity index (χ0v) is 19.8. The number of aryl methyl sites for hydroxylation is 1. The lowest BCUT2D eigenvalue weighted by Crippen LogP contribution is -2.31.